The molecule has 0 saturated heterocycles. The van der Waals surface area contributed by atoms with Gasteiger partial charge in [0.05, 0.1) is 18.2 Å². The highest BCUT2D eigenvalue weighted by atomic mass is 35.5. The van der Waals surface area contributed by atoms with Gasteiger partial charge in [-0.15, -0.1) is 0 Å². The van der Waals surface area contributed by atoms with Gasteiger partial charge in [0, 0.05) is 33.5 Å². The molecular weight excluding hydrogens is 426 g/mol. The van der Waals surface area contributed by atoms with Crippen LogP contribution in [0.5, 0.6) is 0 Å². The molecule has 0 aliphatic rings. The van der Waals surface area contributed by atoms with Gasteiger partial charge in [0.1, 0.15) is 11.2 Å². The minimum absolute atomic E-state index is 0.0663. The molecule has 2 heterocycles. The van der Waals surface area contributed by atoms with Crippen LogP contribution in [0.15, 0.2) is 50.2 Å². The number of hydrogen-bond donors (Lipinski definition) is 1. The van der Waals surface area contributed by atoms with Gasteiger partial charge in [0.2, 0.25) is 5.91 Å². The third kappa shape index (κ3) is 3.93. The molecule has 0 saturated carbocycles. The van der Waals surface area contributed by atoms with Crippen LogP contribution in [0.1, 0.15) is 48.6 Å². The lowest BCUT2D eigenvalue weighted by molar-refractivity contribution is -0.120. The van der Waals surface area contributed by atoms with E-state index >= 15 is 0 Å². The Labute approximate surface area is 191 Å². The minimum Gasteiger partial charge on any atom is -0.464 e. The third-order valence-electron chi connectivity index (χ3n) is 5.92. The summed E-state index contributed by atoms with van der Waals surface area (Å²) in [6, 6.07) is 9.33. The number of hydrogen-bond acceptors (Lipinski definition) is 4. The molecule has 0 aliphatic carbocycles. The number of fused-ring (bicyclic) bond motifs is 2. The van der Waals surface area contributed by atoms with Gasteiger partial charge in [0.15, 0.2) is 0 Å². The number of amides is 1. The second-order valence-electron chi connectivity index (χ2n) is 9.19. The van der Waals surface area contributed by atoms with Crippen LogP contribution in [0.25, 0.3) is 21.9 Å². The molecule has 0 aliphatic heterocycles. The van der Waals surface area contributed by atoms with E-state index in [4.69, 9.17) is 20.4 Å². The first kappa shape index (κ1) is 22.2. The average molecular weight is 452 g/mol. The lowest BCUT2D eigenvalue weighted by atomic mass is 9.86. The Kier molecular flexibility index (Phi) is 5.63. The summed E-state index contributed by atoms with van der Waals surface area (Å²) >= 11 is 6.16. The van der Waals surface area contributed by atoms with E-state index in [1.807, 2.05) is 38.1 Å². The summed E-state index contributed by atoms with van der Waals surface area (Å²) in [6.45, 7) is 10.4. The largest absolute Gasteiger partial charge is 0.464 e. The zero-order valence-corrected chi connectivity index (χ0v) is 19.6. The molecule has 5 nitrogen and oxygen atoms in total. The van der Waals surface area contributed by atoms with E-state index in [1.54, 1.807) is 12.3 Å². The van der Waals surface area contributed by atoms with Crippen LogP contribution in [0.3, 0.4) is 0 Å². The van der Waals surface area contributed by atoms with E-state index in [0.717, 1.165) is 38.6 Å². The van der Waals surface area contributed by atoms with Gasteiger partial charge in [-0.25, -0.2) is 4.79 Å². The van der Waals surface area contributed by atoms with Gasteiger partial charge in [-0.3, -0.25) is 4.79 Å². The minimum atomic E-state index is -0.507. The number of carbonyl (C=O) groups is 1. The molecule has 4 rings (SSSR count). The Morgan fingerprint density at radius 3 is 2.47 bits per heavy atom. The highest BCUT2D eigenvalue weighted by molar-refractivity contribution is 6.31. The van der Waals surface area contributed by atoms with Crippen molar-refractivity contribution in [3.63, 3.8) is 0 Å². The summed E-state index contributed by atoms with van der Waals surface area (Å²) in [5, 5.41) is 5.23. The molecule has 4 aromatic rings. The van der Waals surface area contributed by atoms with Crippen molar-refractivity contribution in [2.45, 2.75) is 53.0 Å². The second kappa shape index (κ2) is 8.14. The van der Waals surface area contributed by atoms with Gasteiger partial charge in [-0.2, -0.15) is 0 Å². The van der Waals surface area contributed by atoms with Crippen molar-refractivity contribution in [3.8, 4) is 0 Å². The fourth-order valence-electron chi connectivity index (χ4n) is 4.04. The van der Waals surface area contributed by atoms with Crippen LogP contribution in [-0.2, 0) is 23.2 Å². The molecule has 1 N–H and O–H groups in total. The number of furan rings is 1. The summed E-state index contributed by atoms with van der Waals surface area (Å²) in [7, 11) is 0. The van der Waals surface area contributed by atoms with Crippen molar-refractivity contribution >= 4 is 39.4 Å². The molecule has 2 aromatic heterocycles. The van der Waals surface area contributed by atoms with E-state index in [-0.39, 0.29) is 17.7 Å². The number of benzene rings is 2. The summed E-state index contributed by atoms with van der Waals surface area (Å²) in [5.74, 6) is -0.267. The molecule has 1 amide bonds. The fraction of sp³-hybridized carbons (Fsp3) is 0.308. The number of aryl methyl sites for hydroxylation is 2. The van der Waals surface area contributed by atoms with Crippen LogP contribution < -0.4 is 10.9 Å². The molecular formula is C26H26ClNO4. The molecule has 0 unspecified atom stereocenters. The first-order valence-corrected chi connectivity index (χ1v) is 10.9. The Morgan fingerprint density at radius 2 is 1.78 bits per heavy atom. The van der Waals surface area contributed by atoms with E-state index < -0.39 is 5.63 Å². The average Bonchev–Trinajstić information content (AvgIpc) is 3.16. The predicted octanol–water partition coefficient (Wildman–Crippen LogP) is 5.97. The van der Waals surface area contributed by atoms with Gasteiger partial charge in [-0.1, -0.05) is 50.6 Å². The summed E-state index contributed by atoms with van der Waals surface area (Å²) < 4.78 is 11.5. The summed E-state index contributed by atoms with van der Waals surface area (Å²) in [6.07, 6.45) is 1.70. The molecule has 0 radical (unpaired) electrons. The maximum atomic E-state index is 12.8. The number of halogens is 1. The van der Waals surface area contributed by atoms with Crippen molar-refractivity contribution in [2.24, 2.45) is 0 Å². The Hall–Kier alpha value is -3.05. The van der Waals surface area contributed by atoms with Gasteiger partial charge < -0.3 is 14.2 Å². The van der Waals surface area contributed by atoms with Crippen LogP contribution in [0.2, 0.25) is 5.02 Å². The van der Waals surface area contributed by atoms with E-state index in [1.165, 1.54) is 0 Å². The van der Waals surface area contributed by atoms with E-state index in [0.29, 0.717) is 22.7 Å². The highest BCUT2D eigenvalue weighted by Gasteiger charge is 2.24. The summed E-state index contributed by atoms with van der Waals surface area (Å²) in [5.41, 5.74) is 4.39. The Balaban J connectivity index is 1.72. The van der Waals surface area contributed by atoms with Crippen molar-refractivity contribution in [1.82, 2.24) is 5.32 Å². The van der Waals surface area contributed by atoms with Crippen molar-refractivity contribution < 1.29 is 13.6 Å². The normalized spacial score (nSPS) is 11.9. The SMILES string of the molecule is Cc1c(CC(=O)NCc2ccccc2Cl)c(=O)oc2c(C)c3occ(C(C)(C)C)c3cc12. The smallest absolute Gasteiger partial charge is 0.340 e. The fourth-order valence-corrected chi connectivity index (χ4v) is 4.24. The standard InChI is InChI=1S/C26H26ClNO4/c1-14-17-10-19-20(26(3,4)5)13-31-23(19)15(2)24(17)32-25(30)18(14)11-22(29)28-12-16-8-6-7-9-21(16)27/h6-10,13H,11-12H2,1-5H3,(H,28,29). The maximum Gasteiger partial charge on any atom is 0.340 e. The number of nitrogens with one attached hydrogen (secondary N) is 1. The quantitative estimate of drug-likeness (QED) is 0.388. The number of rotatable bonds is 4. The maximum absolute atomic E-state index is 12.8. The predicted molar refractivity (Wildman–Crippen MR) is 127 cm³/mol. The zero-order chi connectivity index (χ0) is 23.2. The van der Waals surface area contributed by atoms with Crippen LogP contribution >= 0.6 is 11.6 Å². The molecule has 6 heteroatoms. The topological polar surface area (TPSA) is 72.5 Å². The van der Waals surface area contributed by atoms with Crippen LogP contribution in [0.4, 0.5) is 0 Å². The van der Waals surface area contributed by atoms with Crippen LogP contribution in [0, 0.1) is 13.8 Å². The lowest BCUT2D eigenvalue weighted by Gasteiger charge is -2.17. The highest BCUT2D eigenvalue weighted by Crippen LogP contribution is 2.37. The Morgan fingerprint density at radius 1 is 1.06 bits per heavy atom. The Bertz CT molecular complexity index is 1410. The molecule has 32 heavy (non-hydrogen) atoms. The zero-order valence-electron chi connectivity index (χ0n) is 18.9. The summed E-state index contributed by atoms with van der Waals surface area (Å²) in [4.78, 5) is 25.4. The second-order valence-corrected chi connectivity index (χ2v) is 9.60. The lowest BCUT2D eigenvalue weighted by Crippen LogP contribution is -2.27. The molecule has 2 aromatic carbocycles. The first-order chi connectivity index (χ1) is 15.1. The molecule has 166 valence electrons. The van der Waals surface area contributed by atoms with E-state index in [9.17, 15) is 9.59 Å². The third-order valence-corrected chi connectivity index (χ3v) is 6.29. The molecule has 0 spiro atoms. The molecule has 0 fully saturated rings. The van der Waals surface area contributed by atoms with Crippen molar-refractivity contribution in [1.29, 1.82) is 0 Å². The molecule has 0 atom stereocenters. The van der Waals surface area contributed by atoms with Crippen molar-refractivity contribution in [3.05, 3.63) is 79.9 Å². The van der Waals surface area contributed by atoms with Gasteiger partial charge in [-0.05, 0) is 42.5 Å². The monoisotopic (exact) mass is 451 g/mol. The van der Waals surface area contributed by atoms with E-state index in [2.05, 4.69) is 26.1 Å². The van der Waals surface area contributed by atoms with Gasteiger partial charge in [0.25, 0.3) is 0 Å². The van der Waals surface area contributed by atoms with Gasteiger partial charge >= 0.3 is 5.63 Å². The molecule has 0 bridgehead atoms. The first-order valence-electron chi connectivity index (χ1n) is 10.6. The van der Waals surface area contributed by atoms with Crippen molar-refractivity contribution in [2.75, 3.05) is 0 Å². The van der Waals surface area contributed by atoms with Crippen LogP contribution in [-0.4, -0.2) is 5.91 Å². The number of carbonyl (C=O) groups excluding carboxylic acids is 1.